The van der Waals surface area contributed by atoms with Gasteiger partial charge in [0.15, 0.2) is 0 Å². The van der Waals surface area contributed by atoms with Crippen molar-refractivity contribution in [3.05, 3.63) is 67.3 Å². The summed E-state index contributed by atoms with van der Waals surface area (Å²) < 4.78 is 15.3. The quantitative estimate of drug-likeness (QED) is 0.759. The molecule has 0 bridgehead atoms. The third kappa shape index (κ3) is 2.94. The first-order valence-corrected chi connectivity index (χ1v) is 7.11. The second kappa shape index (κ2) is 5.70. The van der Waals surface area contributed by atoms with E-state index in [4.69, 9.17) is 17.3 Å². The molecule has 0 aromatic heterocycles. The minimum absolute atomic E-state index is 0.322. The highest BCUT2D eigenvalue weighted by Gasteiger charge is 2.15. The topological polar surface area (TPSA) is 26.0 Å². The lowest BCUT2D eigenvalue weighted by molar-refractivity contribution is 0.599. The largest absolute Gasteiger partial charge is 0.320 e. The number of halogens is 4. The van der Waals surface area contributed by atoms with Gasteiger partial charge in [-0.05, 0) is 51.8 Å². The predicted octanol–water partition coefficient (Wildman–Crippen LogP) is 5.05. The van der Waals surface area contributed by atoms with Crippen molar-refractivity contribution in [1.29, 1.82) is 0 Å². The van der Waals surface area contributed by atoms with Crippen molar-refractivity contribution in [1.82, 2.24) is 0 Å². The van der Waals surface area contributed by atoms with E-state index in [1.807, 2.05) is 0 Å². The highest BCUT2D eigenvalue weighted by molar-refractivity contribution is 9.10. The summed E-state index contributed by atoms with van der Waals surface area (Å²) in [6.45, 7) is 0. The fraction of sp³-hybridized carbons (Fsp3) is 0.0769. The number of nitrogens with two attached hydrogens (primary N) is 1. The molecule has 0 amide bonds. The number of rotatable bonds is 2. The van der Waals surface area contributed by atoms with Crippen LogP contribution in [0.1, 0.15) is 17.2 Å². The van der Waals surface area contributed by atoms with Crippen LogP contribution in [0.5, 0.6) is 0 Å². The van der Waals surface area contributed by atoms with Crippen LogP contribution in [-0.2, 0) is 0 Å². The van der Waals surface area contributed by atoms with Gasteiger partial charge in [0.05, 0.1) is 11.1 Å². The van der Waals surface area contributed by atoms with Crippen LogP contribution in [0.4, 0.5) is 4.39 Å². The Labute approximate surface area is 126 Å². The fourth-order valence-electron chi connectivity index (χ4n) is 1.64. The molecule has 1 atom stereocenters. The van der Waals surface area contributed by atoms with Gasteiger partial charge in [-0.15, -0.1) is 0 Å². The second-order valence-corrected chi connectivity index (χ2v) is 5.99. The molecule has 2 aromatic rings. The Hall–Kier alpha value is -0.420. The summed E-state index contributed by atoms with van der Waals surface area (Å²) in [7, 11) is 0. The lowest BCUT2D eigenvalue weighted by Crippen LogP contribution is -2.13. The van der Waals surface area contributed by atoms with Crippen molar-refractivity contribution in [2.24, 2.45) is 5.73 Å². The van der Waals surface area contributed by atoms with Crippen LogP contribution in [0, 0.1) is 5.82 Å². The monoisotopic (exact) mass is 391 g/mol. The standard InChI is InChI=1S/C13H9Br2ClFN/c14-8-2-4-12(17)9(6-8)13(18)7-1-3-11(16)10(15)5-7/h1-6,13H,18H2. The maximum atomic E-state index is 13.7. The first-order valence-electron chi connectivity index (χ1n) is 5.14. The number of hydrogen-bond donors (Lipinski definition) is 1. The molecule has 0 heterocycles. The van der Waals surface area contributed by atoms with Crippen molar-refractivity contribution < 1.29 is 4.39 Å². The summed E-state index contributed by atoms with van der Waals surface area (Å²) in [4.78, 5) is 0. The zero-order chi connectivity index (χ0) is 13.3. The highest BCUT2D eigenvalue weighted by atomic mass is 79.9. The molecule has 0 aliphatic carbocycles. The second-order valence-electron chi connectivity index (χ2n) is 3.82. The summed E-state index contributed by atoms with van der Waals surface area (Å²) in [5, 5.41) is 0.598. The van der Waals surface area contributed by atoms with E-state index in [0.717, 1.165) is 14.5 Å². The molecule has 2 N–H and O–H groups in total. The van der Waals surface area contributed by atoms with Crippen molar-refractivity contribution in [3.8, 4) is 0 Å². The normalized spacial score (nSPS) is 12.5. The van der Waals surface area contributed by atoms with Crippen LogP contribution in [0.25, 0.3) is 0 Å². The molecule has 1 unspecified atom stereocenters. The molecular weight excluding hydrogens is 384 g/mol. The number of hydrogen-bond acceptors (Lipinski definition) is 1. The van der Waals surface area contributed by atoms with Gasteiger partial charge in [-0.25, -0.2) is 4.39 Å². The first-order chi connectivity index (χ1) is 8.49. The zero-order valence-electron chi connectivity index (χ0n) is 9.13. The van der Waals surface area contributed by atoms with Gasteiger partial charge in [0, 0.05) is 14.5 Å². The molecule has 2 rings (SSSR count). The van der Waals surface area contributed by atoms with Crippen molar-refractivity contribution in [3.63, 3.8) is 0 Å². The van der Waals surface area contributed by atoms with Gasteiger partial charge in [0.2, 0.25) is 0 Å². The zero-order valence-corrected chi connectivity index (χ0v) is 13.1. The molecule has 2 aromatic carbocycles. The summed E-state index contributed by atoms with van der Waals surface area (Å²) >= 11 is 12.6. The van der Waals surface area contributed by atoms with Gasteiger partial charge in [-0.1, -0.05) is 33.6 Å². The highest BCUT2D eigenvalue weighted by Crippen LogP contribution is 2.30. The maximum absolute atomic E-state index is 13.7. The van der Waals surface area contributed by atoms with Crippen molar-refractivity contribution in [2.45, 2.75) is 6.04 Å². The molecule has 5 heteroatoms. The van der Waals surface area contributed by atoms with Gasteiger partial charge < -0.3 is 5.73 Å². The van der Waals surface area contributed by atoms with Gasteiger partial charge in [0.25, 0.3) is 0 Å². The van der Waals surface area contributed by atoms with Crippen LogP contribution in [0.3, 0.4) is 0 Å². The first kappa shape index (κ1) is 14.0. The smallest absolute Gasteiger partial charge is 0.128 e. The van der Waals surface area contributed by atoms with Crippen molar-refractivity contribution in [2.75, 3.05) is 0 Å². The Kier molecular flexibility index (Phi) is 4.43. The molecular formula is C13H9Br2ClFN. The van der Waals surface area contributed by atoms with Gasteiger partial charge in [-0.3, -0.25) is 0 Å². The van der Waals surface area contributed by atoms with E-state index in [1.165, 1.54) is 6.07 Å². The summed E-state index contributed by atoms with van der Waals surface area (Å²) in [6, 6.07) is 9.51. The van der Waals surface area contributed by atoms with E-state index in [9.17, 15) is 4.39 Å². The lowest BCUT2D eigenvalue weighted by Gasteiger charge is -2.14. The molecule has 0 saturated carbocycles. The Morgan fingerprint density at radius 3 is 2.50 bits per heavy atom. The van der Waals surface area contributed by atoms with Gasteiger partial charge >= 0.3 is 0 Å². The van der Waals surface area contributed by atoms with E-state index >= 15 is 0 Å². The molecule has 0 spiro atoms. The van der Waals surface area contributed by atoms with E-state index in [2.05, 4.69) is 31.9 Å². The van der Waals surface area contributed by atoms with Crippen LogP contribution < -0.4 is 5.73 Å². The average molecular weight is 393 g/mol. The molecule has 18 heavy (non-hydrogen) atoms. The van der Waals surface area contributed by atoms with E-state index < -0.39 is 6.04 Å². The minimum Gasteiger partial charge on any atom is -0.320 e. The molecule has 0 aliphatic heterocycles. The third-order valence-corrected chi connectivity index (χ3v) is 4.30. The molecule has 94 valence electrons. The molecule has 0 saturated heterocycles. The molecule has 0 fully saturated rings. The Bertz CT molecular complexity index is 589. The van der Waals surface area contributed by atoms with Crippen LogP contribution >= 0.6 is 43.5 Å². The Morgan fingerprint density at radius 1 is 1.11 bits per heavy atom. The fourth-order valence-corrected chi connectivity index (χ4v) is 2.53. The summed E-state index contributed by atoms with van der Waals surface area (Å²) in [5.41, 5.74) is 7.32. The van der Waals surface area contributed by atoms with Crippen LogP contribution in [0.15, 0.2) is 45.3 Å². The Balaban J connectivity index is 2.44. The number of benzene rings is 2. The van der Waals surface area contributed by atoms with Crippen LogP contribution in [0.2, 0.25) is 5.02 Å². The van der Waals surface area contributed by atoms with Crippen LogP contribution in [-0.4, -0.2) is 0 Å². The van der Waals surface area contributed by atoms with E-state index in [1.54, 1.807) is 30.3 Å². The average Bonchev–Trinajstić information content (AvgIpc) is 2.35. The summed E-state index contributed by atoms with van der Waals surface area (Å²) in [5.74, 6) is -0.322. The molecule has 0 aliphatic rings. The predicted molar refractivity (Wildman–Crippen MR) is 79.3 cm³/mol. The third-order valence-electron chi connectivity index (χ3n) is 2.60. The maximum Gasteiger partial charge on any atom is 0.128 e. The Morgan fingerprint density at radius 2 is 1.83 bits per heavy atom. The molecule has 1 nitrogen and oxygen atoms in total. The lowest BCUT2D eigenvalue weighted by atomic mass is 9.99. The van der Waals surface area contributed by atoms with E-state index in [-0.39, 0.29) is 5.82 Å². The minimum atomic E-state index is -0.531. The van der Waals surface area contributed by atoms with E-state index in [0.29, 0.717) is 10.6 Å². The van der Waals surface area contributed by atoms with Crippen molar-refractivity contribution >= 4 is 43.5 Å². The van der Waals surface area contributed by atoms with Gasteiger partial charge in [-0.2, -0.15) is 0 Å². The molecule has 0 radical (unpaired) electrons. The SMILES string of the molecule is NC(c1ccc(Cl)c(Br)c1)c1cc(Br)ccc1F. The van der Waals surface area contributed by atoms with Gasteiger partial charge in [0.1, 0.15) is 5.82 Å². The summed E-state index contributed by atoms with van der Waals surface area (Å²) in [6.07, 6.45) is 0.